The van der Waals surface area contributed by atoms with Crippen LogP contribution in [-0.4, -0.2) is 25.8 Å². The molecule has 0 atom stereocenters. The molecule has 13 heavy (non-hydrogen) atoms. The number of rotatable bonds is 3. The predicted octanol–water partition coefficient (Wildman–Crippen LogP) is 0.630. The van der Waals surface area contributed by atoms with Gasteiger partial charge in [-0.2, -0.15) is 0 Å². The first-order valence-electron chi connectivity index (χ1n) is 4.37. The number of aromatic nitrogens is 3. The molecule has 0 amide bonds. The number of aliphatic carboxylic acids is 1. The third-order valence-corrected chi connectivity index (χ3v) is 2.42. The Bertz CT molecular complexity index is 317. The minimum absolute atomic E-state index is 0.0313. The van der Waals surface area contributed by atoms with Crippen molar-refractivity contribution in [1.29, 1.82) is 0 Å². The quantitative estimate of drug-likeness (QED) is 0.742. The van der Waals surface area contributed by atoms with Gasteiger partial charge in [0.05, 0.1) is 0 Å². The van der Waals surface area contributed by atoms with Gasteiger partial charge in [0.2, 0.25) is 0 Å². The van der Waals surface area contributed by atoms with Gasteiger partial charge < -0.3 is 9.67 Å². The molecule has 0 saturated heterocycles. The molecule has 5 heteroatoms. The molecule has 1 saturated carbocycles. The van der Waals surface area contributed by atoms with Crippen molar-refractivity contribution in [3.63, 3.8) is 0 Å². The first-order valence-corrected chi connectivity index (χ1v) is 4.37. The predicted molar refractivity (Wildman–Crippen MR) is 44.2 cm³/mol. The Labute approximate surface area is 75.4 Å². The maximum atomic E-state index is 10.5. The van der Waals surface area contributed by atoms with Gasteiger partial charge >= 0.3 is 5.97 Å². The lowest BCUT2D eigenvalue weighted by Gasteiger charge is -2.27. The molecular formula is C8H11N3O2. The van der Waals surface area contributed by atoms with Crippen molar-refractivity contribution in [2.75, 3.05) is 0 Å². The van der Waals surface area contributed by atoms with Gasteiger partial charge in [-0.05, 0) is 19.3 Å². The summed E-state index contributed by atoms with van der Waals surface area (Å²) >= 11 is 0. The zero-order valence-corrected chi connectivity index (χ0v) is 7.18. The van der Waals surface area contributed by atoms with Gasteiger partial charge in [0.25, 0.3) is 0 Å². The molecule has 0 radical (unpaired) electrons. The fraction of sp³-hybridized carbons (Fsp3) is 0.625. The van der Waals surface area contributed by atoms with Crippen LogP contribution in [0, 0.1) is 0 Å². The lowest BCUT2D eigenvalue weighted by Crippen LogP contribution is -2.20. The van der Waals surface area contributed by atoms with Crippen LogP contribution in [0.1, 0.15) is 31.1 Å². The zero-order chi connectivity index (χ0) is 9.26. The Morgan fingerprint density at radius 3 is 3.00 bits per heavy atom. The number of hydrogen-bond donors (Lipinski definition) is 1. The first-order chi connectivity index (χ1) is 6.27. The van der Waals surface area contributed by atoms with Gasteiger partial charge in [0.15, 0.2) is 0 Å². The second-order valence-electron chi connectivity index (χ2n) is 3.31. The summed E-state index contributed by atoms with van der Waals surface area (Å²) in [7, 11) is 0. The van der Waals surface area contributed by atoms with E-state index in [9.17, 15) is 4.79 Å². The summed E-state index contributed by atoms with van der Waals surface area (Å²) in [5, 5.41) is 16.1. The average Bonchev–Trinajstić information content (AvgIpc) is 2.32. The molecule has 0 aliphatic heterocycles. The van der Waals surface area contributed by atoms with E-state index in [1.165, 1.54) is 6.42 Å². The number of carboxylic acid groups (broad SMARTS) is 1. The monoisotopic (exact) mass is 181 g/mol. The van der Waals surface area contributed by atoms with Crippen molar-refractivity contribution in [2.45, 2.75) is 31.7 Å². The van der Waals surface area contributed by atoms with E-state index in [2.05, 4.69) is 10.2 Å². The van der Waals surface area contributed by atoms with Gasteiger partial charge in [-0.1, -0.05) is 0 Å². The molecule has 0 aromatic carbocycles. The molecule has 1 N–H and O–H groups in total. The van der Waals surface area contributed by atoms with E-state index >= 15 is 0 Å². The standard InChI is InChI=1S/C8H11N3O2/c12-8(13)4-7-10-9-5-11(7)6-2-1-3-6/h5-6H,1-4H2,(H,12,13). The van der Waals surface area contributed by atoms with E-state index in [1.54, 1.807) is 6.33 Å². The lowest BCUT2D eigenvalue weighted by molar-refractivity contribution is -0.136. The highest BCUT2D eigenvalue weighted by Gasteiger charge is 2.22. The summed E-state index contributed by atoms with van der Waals surface area (Å²) in [6.45, 7) is 0. The molecule has 1 heterocycles. The van der Waals surface area contributed by atoms with E-state index in [-0.39, 0.29) is 6.42 Å². The fourth-order valence-electron chi connectivity index (χ4n) is 1.50. The zero-order valence-electron chi connectivity index (χ0n) is 7.18. The van der Waals surface area contributed by atoms with Crippen molar-refractivity contribution in [3.05, 3.63) is 12.2 Å². The van der Waals surface area contributed by atoms with Gasteiger partial charge in [-0.3, -0.25) is 4.79 Å². The molecular weight excluding hydrogens is 170 g/mol. The van der Waals surface area contributed by atoms with Crippen molar-refractivity contribution >= 4 is 5.97 Å². The number of hydrogen-bond acceptors (Lipinski definition) is 3. The van der Waals surface area contributed by atoms with Crippen LogP contribution in [0.15, 0.2) is 6.33 Å². The summed E-state index contributed by atoms with van der Waals surface area (Å²) in [4.78, 5) is 10.5. The van der Waals surface area contributed by atoms with E-state index in [1.807, 2.05) is 4.57 Å². The molecule has 0 bridgehead atoms. The van der Waals surface area contributed by atoms with Crippen LogP contribution in [0.3, 0.4) is 0 Å². The molecule has 1 fully saturated rings. The third kappa shape index (κ3) is 1.54. The number of nitrogens with zero attached hydrogens (tertiary/aromatic N) is 3. The van der Waals surface area contributed by atoms with Crippen molar-refractivity contribution in [1.82, 2.24) is 14.8 Å². The molecule has 1 aliphatic rings. The summed E-state index contributed by atoms with van der Waals surface area (Å²) < 4.78 is 1.89. The van der Waals surface area contributed by atoms with Crippen LogP contribution in [0.5, 0.6) is 0 Å². The van der Waals surface area contributed by atoms with Gasteiger partial charge in [0.1, 0.15) is 18.6 Å². The largest absolute Gasteiger partial charge is 0.481 e. The molecule has 1 aromatic rings. The van der Waals surface area contributed by atoms with Crippen LogP contribution in [0.25, 0.3) is 0 Å². The highest BCUT2D eigenvalue weighted by Crippen LogP contribution is 2.31. The number of carboxylic acids is 1. The first kappa shape index (κ1) is 8.22. The average molecular weight is 181 g/mol. The third-order valence-electron chi connectivity index (χ3n) is 2.42. The smallest absolute Gasteiger partial charge is 0.311 e. The summed E-state index contributed by atoms with van der Waals surface area (Å²) in [5.41, 5.74) is 0. The summed E-state index contributed by atoms with van der Waals surface area (Å²) in [6.07, 6.45) is 5.04. The minimum atomic E-state index is -0.853. The van der Waals surface area contributed by atoms with E-state index in [0.717, 1.165) is 12.8 Å². The van der Waals surface area contributed by atoms with Gasteiger partial charge in [-0.15, -0.1) is 10.2 Å². The Hall–Kier alpha value is -1.39. The Morgan fingerprint density at radius 2 is 2.46 bits per heavy atom. The molecule has 70 valence electrons. The van der Waals surface area contributed by atoms with E-state index in [0.29, 0.717) is 11.9 Å². The molecule has 2 rings (SSSR count). The second-order valence-corrected chi connectivity index (χ2v) is 3.31. The van der Waals surface area contributed by atoms with Crippen LogP contribution >= 0.6 is 0 Å². The highest BCUT2D eigenvalue weighted by atomic mass is 16.4. The van der Waals surface area contributed by atoms with Crippen LogP contribution in [-0.2, 0) is 11.2 Å². The van der Waals surface area contributed by atoms with Gasteiger partial charge in [-0.25, -0.2) is 0 Å². The molecule has 1 aromatic heterocycles. The molecule has 0 spiro atoms. The van der Waals surface area contributed by atoms with Crippen LogP contribution in [0.4, 0.5) is 0 Å². The minimum Gasteiger partial charge on any atom is -0.481 e. The molecule has 1 aliphatic carbocycles. The topological polar surface area (TPSA) is 68.0 Å². The fourth-order valence-corrected chi connectivity index (χ4v) is 1.50. The Kier molecular flexibility index (Phi) is 2.00. The second kappa shape index (κ2) is 3.16. The van der Waals surface area contributed by atoms with Crippen molar-refractivity contribution < 1.29 is 9.90 Å². The van der Waals surface area contributed by atoms with E-state index in [4.69, 9.17) is 5.11 Å². The Morgan fingerprint density at radius 1 is 1.69 bits per heavy atom. The van der Waals surface area contributed by atoms with Crippen molar-refractivity contribution in [3.8, 4) is 0 Å². The normalized spacial score (nSPS) is 16.9. The number of carbonyl (C=O) groups is 1. The maximum Gasteiger partial charge on any atom is 0.311 e. The van der Waals surface area contributed by atoms with Crippen LogP contribution in [0.2, 0.25) is 0 Å². The maximum absolute atomic E-state index is 10.5. The highest BCUT2D eigenvalue weighted by molar-refractivity contribution is 5.68. The molecule has 5 nitrogen and oxygen atoms in total. The summed E-state index contributed by atoms with van der Waals surface area (Å²) in [6, 6.07) is 0.435. The SMILES string of the molecule is O=C(O)Cc1nncn1C1CCC1. The van der Waals surface area contributed by atoms with Crippen LogP contribution < -0.4 is 0 Å². The Balaban J connectivity index is 2.14. The summed E-state index contributed by atoms with van der Waals surface area (Å²) in [5.74, 6) is -0.286. The lowest BCUT2D eigenvalue weighted by atomic mass is 9.93. The van der Waals surface area contributed by atoms with Gasteiger partial charge in [0, 0.05) is 6.04 Å². The van der Waals surface area contributed by atoms with Crippen molar-refractivity contribution in [2.24, 2.45) is 0 Å². The molecule has 0 unspecified atom stereocenters. The van der Waals surface area contributed by atoms with E-state index < -0.39 is 5.97 Å².